The molecular weight excluding hydrogens is 336 g/mol. The molecule has 1 atom stereocenters. The van der Waals surface area contributed by atoms with Crippen LogP contribution in [-0.2, 0) is 16.1 Å². The van der Waals surface area contributed by atoms with E-state index in [1.54, 1.807) is 11.8 Å². The molecule has 1 amide bonds. The molecule has 0 saturated carbocycles. The fourth-order valence-corrected chi connectivity index (χ4v) is 2.91. The second-order valence-electron chi connectivity index (χ2n) is 6.07. The fraction of sp³-hybridized carbons (Fsp3) is 0.421. The van der Waals surface area contributed by atoms with Gasteiger partial charge in [0.2, 0.25) is 5.89 Å². The first-order valence-corrected chi connectivity index (χ1v) is 8.75. The highest BCUT2D eigenvalue weighted by atomic mass is 16.5. The van der Waals surface area contributed by atoms with E-state index in [0.29, 0.717) is 31.3 Å². The number of esters is 1. The molecule has 2 aromatic rings. The van der Waals surface area contributed by atoms with Crippen molar-refractivity contribution in [1.29, 1.82) is 0 Å². The first kappa shape index (κ1) is 18.0. The van der Waals surface area contributed by atoms with Crippen molar-refractivity contribution in [3.63, 3.8) is 0 Å². The second kappa shape index (κ2) is 8.51. The number of hydrogen-bond acceptors (Lipinski definition) is 6. The number of nitrogens with zero attached hydrogens (tertiary/aromatic N) is 2. The predicted molar refractivity (Wildman–Crippen MR) is 92.5 cm³/mol. The smallest absolute Gasteiger partial charge is 0.310 e. The van der Waals surface area contributed by atoms with Crippen molar-refractivity contribution >= 4 is 11.9 Å². The van der Waals surface area contributed by atoms with E-state index in [4.69, 9.17) is 13.9 Å². The van der Waals surface area contributed by atoms with Gasteiger partial charge in [0.25, 0.3) is 5.91 Å². The van der Waals surface area contributed by atoms with Crippen molar-refractivity contribution < 1.29 is 23.5 Å². The number of aromatic nitrogens is 1. The molecule has 2 heterocycles. The number of rotatable bonds is 6. The van der Waals surface area contributed by atoms with E-state index in [2.05, 4.69) is 4.98 Å². The number of ether oxygens (including phenoxy) is 2. The van der Waals surface area contributed by atoms with Crippen molar-refractivity contribution in [3.05, 3.63) is 48.2 Å². The Morgan fingerprint density at radius 1 is 1.31 bits per heavy atom. The Labute approximate surface area is 151 Å². The third-order valence-electron chi connectivity index (χ3n) is 4.20. The van der Waals surface area contributed by atoms with Crippen LogP contribution < -0.4 is 4.74 Å². The van der Waals surface area contributed by atoms with Gasteiger partial charge in [-0.1, -0.05) is 18.2 Å². The molecular formula is C19H22N2O5. The maximum Gasteiger partial charge on any atom is 0.310 e. The number of carbonyl (C=O) groups excluding carboxylic acids is 2. The summed E-state index contributed by atoms with van der Waals surface area (Å²) in [5.41, 5.74) is 0.223. The van der Waals surface area contributed by atoms with Crippen molar-refractivity contribution in [1.82, 2.24) is 9.88 Å². The lowest BCUT2D eigenvalue weighted by Crippen LogP contribution is -2.43. The zero-order valence-corrected chi connectivity index (χ0v) is 14.7. The van der Waals surface area contributed by atoms with Crippen LogP contribution in [0.1, 0.15) is 36.1 Å². The highest BCUT2D eigenvalue weighted by molar-refractivity contribution is 5.92. The Balaban J connectivity index is 1.58. The third kappa shape index (κ3) is 4.41. The zero-order chi connectivity index (χ0) is 18.4. The summed E-state index contributed by atoms with van der Waals surface area (Å²) >= 11 is 0. The average molecular weight is 358 g/mol. The van der Waals surface area contributed by atoms with Gasteiger partial charge in [0.15, 0.2) is 12.3 Å². The molecule has 7 nitrogen and oxygen atoms in total. The molecule has 0 unspecified atom stereocenters. The van der Waals surface area contributed by atoms with Crippen LogP contribution in [0.4, 0.5) is 0 Å². The van der Waals surface area contributed by atoms with Crippen LogP contribution in [0, 0.1) is 5.92 Å². The molecule has 1 fully saturated rings. The van der Waals surface area contributed by atoms with Gasteiger partial charge in [-0.3, -0.25) is 9.59 Å². The molecule has 1 aromatic carbocycles. The molecule has 0 aliphatic carbocycles. The summed E-state index contributed by atoms with van der Waals surface area (Å²) in [6, 6.07) is 9.31. The number of piperidine rings is 1. The summed E-state index contributed by atoms with van der Waals surface area (Å²) < 4.78 is 16.0. The third-order valence-corrected chi connectivity index (χ3v) is 4.20. The number of oxazole rings is 1. The number of hydrogen-bond donors (Lipinski definition) is 0. The summed E-state index contributed by atoms with van der Waals surface area (Å²) in [7, 11) is 0. The van der Waals surface area contributed by atoms with Crippen LogP contribution in [0.15, 0.2) is 41.0 Å². The molecule has 3 rings (SSSR count). The Hall–Kier alpha value is -2.83. The van der Waals surface area contributed by atoms with E-state index in [1.165, 1.54) is 6.26 Å². The zero-order valence-electron chi connectivity index (χ0n) is 14.7. The van der Waals surface area contributed by atoms with Gasteiger partial charge < -0.3 is 18.8 Å². The van der Waals surface area contributed by atoms with Crippen molar-refractivity contribution in [2.45, 2.75) is 26.4 Å². The topological polar surface area (TPSA) is 81.9 Å². The molecule has 0 N–H and O–H groups in total. The molecule has 1 saturated heterocycles. The van der Waals surface area contributed by atoms with Crippen LogP contribution in [0.2, 0.25) is 0 Å². The summed E-state index contributed by atoms with van der Waals surface area (Å²) in [6.45, 7) is 3.20. The molecule has 138 valence electrons. The Kier molecular flexibility index (Phi) is 5.88. The van der Waals surface area contributed by atoms with Gasteiger partial charge in [0, 0.05) is 13.1 Å². The van der Waals surface area contributed by atoms with Gasteiger partial charge in [0.05, 0.1) is 12.5 Å². The minimum Gasteiger partial charge on any atom is -0.484 e. The van der Waals surface area contributed by atoms with Crippen LogP contribution in [-0.4, -0.2) is 41.5 Å². The molecule has 0 radical (unpaired) electrons. The fourth-order valence-electron chi connectivity index (χ4n) is 2.91. The number of carbonyl (C=O) groups is 2. The van der Waals surface area contributed by atoms with Gasteiger partial charge in [-0.15, -0.1) is 0 Å². The number of para-hydroxylation sites is 1. The largest absolute Gasteiger partial charge is 0.484 e. The van der Waals surface area contributed by atoms with Gasteiger partial charge in [-0.25, -0.2) is 4.98 Å². The maximum atomic E-state index is 12.6. The molecule has 1 aliphatic rings. The van der Waals surface area contributed by atoms with Crippen LogP contribution in [0.5, 0.6) is 5.75 Å². The van der Waals surface area contributed by atoms with Crippen molar-refractivity contribution in [3.8, 4) is 5.75 Å². The average Bonchev–Trinajstić information content (AvgIpc) is 3.16. The minimum absolute atomic E-state index is 0.142. The van der Waals surface area contributed by atoms with Crippen LogP contribution >= 0.6 is 0 Å². The lowest BCUT2D eigenvalue weighted by Gasteiger charge is -2.30. The van der Waals surface area contributed by atoms with Gasteiger partial charge >= 0.3 is 5.97 Å². The van der Waals surface area contributed by atoms with Crippen molar-refractivity contribution in [2.75, 3.05) is 19.7 Å². The lowest BCUT2D eigenvalue weighted by molar-refractivity contribution is -0.149. The quantitative estimate of drug-likeness (QED) is 0.739. The first-order valence-electron chi connectivity index (χ1n) is 8.75. The van der Waals surface area contributed by atoms with Crippen LogP contribution in [0.25, 0.3) is 0 Å². The van der Waals surface area contributed by atoms with E-state index < -0.39 is 0 Å². The maximum absolute atomic E-state index is 12.6. The van der Waals surface area contributed by atoms with Crippen molar-refractivity contribution in [2.24, 2.45) is 5.92 Å². The van der Waals surface area contributed by atoms with Gasteiger partial charge in [-0.05, 0) is 31.9 Å². The number of benzene rings is 1. The van der Waals surface area contributed by atoms with E-state index in [9.17, 15) is 9.59 Å². The Bertz CT molecular complexity index is 743. The highest BCUT2D eigenvalue weighted by Crippen LogP contribution is 2.20. The SMILES string of the molecule is CCOC(=O)[C@@H]1CCCN(C(=O)c2coc(COc3ccccc3)n2)C1. The number of likely N-dealkylation sites (tertiary alicyclic amines) is 1. The van der Waals surface area contributed by atoms with Crippen LogP contribution in [0.3, 0.4) is 0 Å². The molecule has 7 heteroatoms. The Morgan fingerprint density at radius 3 is 2.88 bits per heavy atom. The van der Waals surface area contributed by atoms with Gasteiger partial charge in [-0.2, -0.15) is 0 Å². The summed E-state index contributed by atoms with van der Waals surface area (Å²) in [5.74, 6) is 0.263. The van der Waals surface area contributed by atoms with E-state index in [-0.39, 0.29) is 30.1 Å². The lowest BCUT2D eigenvalue weighted by atomic mass is 9.98. The summed E-state index contributed by atoms with van der Waals surface area (Å²) in [4.78, 5) is 30.4. The monoisotopic (exact) mass is 358 g/mol. The molecule has 0 spiro atoms. The Morgan fingerprint density at radius 2 is 2.12 bits per heavy atom. The van der Waals surface area contributed by atoms with E-state index >= 15 is 0 Å². The molecule has 1 aromatic heterocycles. The molecule has 0 bridgehead atoms. The summed E-state index contributed by atoms with van der Waals surface area (Å²) in [6.07, 6.45) is 2.83. The first-order chi connectivity index (χ1) is 12.7. The number of amides is 1. The molecule has 1 aliphatic heterocycles. The van der Waals surface area contributed by atoms with E-state index in [1.807, 2.05) is 30.3 Å². The second-order valence-corrected chi connectivity index (χ2v) is 6.07. The predicted octanol–water partition coefficient (Wildman–Crippen LogP) is 2.67. The van der Waals surface area contributed by atoms with Gasteiger partial charge in [0.1, 0.15) is 12.0 Å². The summed E-state index contributed by atoms with van der Waals surface area (Å²) in [5, 5.41) is 0. The molecule has 26 heavy (non-hydrogen) atoms. The normalized spacial score (nSPS) is 17.0. The minimum atomic E-state index is -0.277. The highest BCUT2D eigenvalue weighted by Gasteiger charge is 2.30. The van der Waals surface area contributed by atoms with E-state index in [0.717, 1.165) is 12.8 Å². The standard InChI is InChI=1S/C19H22N2O5/c1-2-24-19(23)14-7-6-10-21(11-14)18(22)16-12-26-17(20-16)13-25-15-8-4-3-5-9-15/h3-5,8-9,12,14H,2,6-7,10-11,13H2,1H3/t14-/m1/s1.